The van der Waals surface area contributed by atoms with Gasteiger partial charge in [-0.3, -0.25) is 4.79 Å². The second-order valence-electron chi connectivity index (χ2n) is 6.15. The van der Waals surface area contributed by atoms with E-state index in [0.29, 0.717) is 4.99 Å². The summed E-state index contributed by atoms with van der Waals surface area (Å²) in [6.45, 7) is 4.02. The van der Waals surface area contributed by atoms with Crippen LogP contribution in [0.1, 0.15) is 58.3 Å². The molecule has 108 valence electrons. The van der Waals surface area contributed by atoms with Crippen LogP contribution in [0, 0.1) is 11.3 Å². The molecule has 19 heavy (non-hydrogen) atoms. The van der Waals surface area contributed by atoms with E-state index in [0.717, 1.165) is 57.5 Å². The van der Waals surface area contributed by atoms with Crippen LogP contribution in [0.2, 0.25) is 0 Å². The number of hydrogen-bond acceptors (Lipinski definition) is 2. The van der Waals surface area contributed by atoms with E-state index in [1.807, 2.05) is 4.90 Å². The highest BCUT2D eigenvalue weighted by Crippen LogP contribution is 2.40. The second kappa shape index (κ2) is 6.21. The maximum atomic E-state index is 12.9. The Balaban J connectivity index is 2.07. The van der Waals surface area contributed by atoms with Crippen LogP contribution in [0.25, 0.3) is 0 Å². The van der Waals surface area contributed by atoms with Crippen molar-refractivity contribution in [2.24, 2.45) is 17.1 Å². The first-order valence-electron chi connectivity index (χ1n) is 7.69. The summed E-state index contributed by atoms with van der Waals surface area (Å²) in [5, 5.41) is 0. The zero-order valence-electron chi connectivity index (χ0n) is 12.0. The van der Waals surface area contributed by atoms with Gasteiger partial charge in [0.1, 0.15) is 0 Å². The highest BCUT2D eigenvalue weighted by Gasteiger charge is 2.46. The Bertz CT molecular complexity index is 350. The Morgan fingerprint density at radius 1 is 1.26 bits per heavy atom. The summed E-state index contributed by atoms with van der Waals surface area (Å²) in [5.41, 5.74) is 5.40. The van der Waals surface area contributed by atoms with E-state index in [1.54, 1.807) is 0 Å². The summed E-state index contributed by atoms with van der Waals surface area (Å²) in [6.07, 6.45) is 8.60. The number of nitrogens with two attached hydrogens (primary N) is 1. The number of carbonyl (C=O) groups is 1. The molecule has 2 fully saturated rings. The molecule has 0 radical (unpaired) electrons. The number of likely N-dealkylation sites (tertiary alicyclic amines) is 1. The third-order valence-corrected chi connectivity index (χ3v) is 5.44. The smallest absolute Gasteiger partial charge is 0.235 e. The lowest BCUT2D eigenvalue weighted by atomic mass is 9.84. The quantitative estimate of drug-likeness (QED) is 0.810. The first-order chi connectivity index (χ1) is 9.10. The summed E-state index contributed by atoms with van der Waals surface area (Å²) in [7, 11) is 0. The number of carbonyl (C=O) groups excluding carboxylic acids is 1. The topological polar surface area (TPSA) is 46.3 Å². The molecular weight excluding hydrogens is 256 g/mol. The summed E-state index contributed by atoms with van der Waals surface area (Å²) in [4.78, 5) is 15.3. The summed E-state index contributed by atoms with van der Waals surface area (Å²) >= 11 is 5.22. The summed E-state index contributed by atoms with van der Waals surface area (Å²) in [5.74, 6) is 0.997. The molecule has 1 aliphatic carbocycles. The Labute approximate surface area is 121 Å². The van der Waals surface area contributed by atoms with E-state index in [2.05, 4.69) is 6.92 Å². The molecule has 1 saturated heterocycles. The molecule has 0 bridgehead atoms. The van der Waals surface area contributed by atoms with Crippen molar-refractivity contribution < 1.29 is 4.79 Å². The highest BCUT2D eigenvalue weighted by atomic mass is 32.1. The SMILES string of the molecule is CCC1CCCN(C(=O)C2(C(N)=S)CCCC2)CC1. The Hall–Kier alpha value is -0.640. The minimum absolute atomic E-state index is 0.217. The predicted molar refractivity (Wildman–Crippen MR) is 81.9 cm³/mol. The van der Waals surface area contributed by atoms with E-state index < -0.39 is 5.41 Å². The molecule has 4 heteroatoms. The molecule has 0 aromatic heterocycles. The highest BCUT2D eigenvalue weighted by molar-refractivity contribution is 7.80. The van der Waals surface area contributed by atoms with Crippen molar-refractivity contribution in [3.8, 4) is 0 Å². The van der Waals surface area contributed by atoms with Gasteiger partial charge in [0.25, 0.3) is 0 Å². The molecule has 1 aliphatic heterocycles. The van der Waals surface area contributed by atoms with Crippen LogP contribution < -0.4 is 5.73 Å². The van der Waals surface area contributed by atoms with Crippen LogP contribution >= 0.6 is 12.2 Å². The molecule has 0 spiro atoms. The lowest BCUT2D eigenvalue weighted by molar-refractivity contribution is -0.138. The van der Waals surface area contributed by atoms with Crippen molar-refractivity contribution in [2.75, 3.05) is 13.1 Å². The van der Waals surface area contributed by atoms with E-state index in [4.69, 9.17) is 18.0 Å². The normalized spacial score (nSPS) is 27.0. The van der Waals surface area contributed by atoms with Gasteiger partial charge in [-0.15, -0.1) is 0 Å². The van der Waals surface area contributed by atoms with Crippen LogP contribution in [0.15, 0.2) is 0 Å². The second-order valence-corrected chi connectivity index (χ2v) is 6.59. The van der Waals surface area contributed by atoms with Gasteiger partial charge in [-0.1, -0.05) is 38.4 Å². The molecule has 3 nitrogen and oxygen atoms in total. The van der Waals surface area contributed by atoms with Gasteiger partial charge in [-0.05, 0) is 38.0 Å². The van der Waals surface area contributed by atoms with Crippen molar-refractivity contribution in [3.05, 3.63) is 0 Å². The van der Waals surface area contributed by atoms with Crippen LogP contribution in [-0.4, -0.2) is 28.9 Å². The van der Waals surface area contributed by atoms with Gasteiger partial charge in [-0.2, -0.15) is 0 Å². The first kappa shape index (κ1) is 14.8. The molecule has 1 atom stereocenters. The molecule has 1 heterocycles. The number of thiocarbonyl (C=S) groups is 1. The molecule has 1 unspecified atom stereocenters. The molecule has 0 aromatic rings. The van der Waals surface area contributed by atoms with E-state index in [9.17, 15) is 4.79 Å². The predicted octanol–water partition coefficient (Wildman–Crippen LogP) is 2.87. The van der Waals surface area contributed by atoms with Gasteiger partial charge in [0.05, 0.1) is 10.4 Å². The van der Waals surface area contributed by atoms with Crippen LogP contribution in [0.3, 0.4) is 0 Å². The van der Waals surface area contributed by atoms with E-state index in [1.165, 1.54) is 12.8 Å². The van der Waals surface area contributed by atoms with Crippen molar-refractivity contribution >= 4 is 23.1 Å². The maximum absolute atomic E-state index is 12.9. The van der Waals surface area contributed by atoms with E-state index >= 15 is 0 Å². The van der Waals surface area contributed by atoms with Crippen LogP contribution in [-0.2, 0) is 4.79 Å². The monoisotopic (exact) mass is 282 g/mol. The Morgan fingerprint density at radius 2 is 1.95 bits per heavy atom. The van der Waals surface area contributed by atoms with Crippen molar-refractivity contribution in [2.45, 2.75) is 58.3 Å². The Morgan fingerprint density at radius 3 is 2.53 bits per heavy atom. The summed E-state index contributed by atoms with van der Waals surface area (Å²) in [6, 6.07) is 0. The fourth-order valence-electron chi connectivity index (χ4n) is 3.62. The van der Waals surface area contributed by atoms with Crippen molar-refractivity contribution in [1.29, 1.82) is 0 Å². The molecule has 1 saturated carbocycles. The van der Waals surface area contributed by atoms with Gasteiger partial charge in [-0.25, -0.2) is 0 Å². The van der Waals surface area contributed by atoms with Crippen LogP contribution in [0.4, 0.5) is 0 Å². The number of rotatable bonds is 3. The molecule has 0 aromatic carbocycles. The fourth-order valence-corrected chi connectivity index (χ4v) is 3.92. The fraction of sp³-hybridized carbons (Fsp3) is 0.867. The molecule has 2 rings (SSSR count). The van der Waals surface area contributed by atoms with Gasteiger partial charge >= 0.3 is 0 Å². The lowest BCUT2D eigenvalue weighted by Crippen LogP contribution is -2.49. The largest absolute Gasteiger partial charge is 0.392 e. The summed E-state index contributed by atoms with van der Waals surface area (Å²) < 4.78 is 0. The van der Waals surface area contributed by atoms with Crippen LogP contribution in [0.5, 0.6) is 0 Å². The maximum Gasteiger partial charge on any atom is 0.235 e. The third kappa shape index (κ3) is 2.93. The minimum Gasteiger partial charge on any atom is -0.392 e. The average Bonchev–Trinajstić information content (AvgIpc) is 2.78. The number of hydrogen-bond donors (Lipinski definition) is 1. The van der Waals surface area contributed by atoms with Gasteiger partial charge in [0.15, 0.2) is 0 Å². The van der Waals surface area contributed by atoms with Gasteiger partial charge < -0.3 is 10.6 Å². The third-order valence-electron chi connectivity index (χ3n) is 5.05. The number of nitrogens with zero attached hydrogens (tertiary/aromatic N) is 1. The average molecular weight is 282 g/mol. The standard InChI is InChI=1S/C15H26N2OS/c1-2-12-6-5-10-17(11-7-12)14(18)15(13(16)19)8-3-4-9-15/h12H,2-11H2,1H3,(H2,16,19). The van der Waals surface area contributed by atoms with Crippen molar-refractivity contribution in [3.63, 3.8) is 0 Å². The van der Waals surface area contributed by atoms with E-state index in [-0.39, 0.29) is 5.91 Å². The zero-order chi connectivity index (χ0) is 13.9. The molecule has 2 aliphatic rings. The zero-order valence-corrected chi connectivity index (χ0v) is 12.8. The Kier molecular flexibility index (Phi) is 4.82. The molecule has 2 N–H and O–H groups in total. The number of amides is 1. The minimum atomic E-state index is -0.513. The lowest BCUT2D eigenvalue weighted by Gasteiger charge is -2.33. The molecule has 1 amide bonds. The van der Waals surface area contributed by atoms with Crippen molar-refractivity contribution in [1.82, 2.24) is 4.90 Å². The van der Waals surface area contributed by atoms with Gasteiger partial charge in [0.2, 0.25) is 5.91 Å². The van der Waals surface area contributed by atoms with Gasteiger partial charge in [0, 0.05) is 13.1 Å². The molecular formula is C15H26N2OS. The first-order valence-corrected chi connectivity index (χ1v) is 8.10.